The highest BCUT2D eigenvalue weighted by molar-refractivity contribution is 5.99. The van der Waals surface area contributed by atoms with Gasteiger partial charge < -0.3 is 24.8 Å². The summed E-state index contributed by atoms with van der Waals surface area (Å²) in [5.41, 5.74) is 3.22. The molecule has 1 atom stereocenters. The van der Waals surface area contributed by atoms with Crippen LogP contribution >= 0.6 is 0 Å². The van der Waals surface area contributed by atoms with Gasteiger partial charge in [-0.3, -0.25) is 4.79 Å². The Morgan fingerprint density at radius 2 is 2.13 bits per heavy atom. The molecule has 164 valence electrons. The number of aromatic nitrogens is 1. The Balaban J connectivity index is 1.52. The van der Waals surface area contributed by atoms with E-state index in [9.17, 15) is 9.90 Å². The number of rotatable bonds is 3. The zero-order valence-electron chi connectivity index (χ0n) is 17.8. The SMILES string of the molecule is CO[C@H]1CC[C@H](C(=O)N2Cc3cccnc3Nc3ccc(C4(O)CCCO4)cc32)CC1. The minimum absolute atomic E-state index is 0.0352. The lowest BCUT2D eigenvalue weighted by atomic mass is 9.86. The fourth-order valence-corrected chi connectivity index (χ4v) is 4.98. The second-order valence-corrected chi connectivity index (χ2v) is 8.74. The van der Waals surface area contributed by atoms with Crippen molar-refractivity contribution in [2.75, 3.05) is 23.9 Å². The number of pyridine rings is 1. The summed E-state index contributed by atoms with van der Waals surface area (Å²) in [5.74, 6) is -0.457. The van der Waals surface area contributed by atoms with Crippen LogP contribution < -0.4 is 10.2 Å². The zero-order chi connectivity index (χ0) is 21.4. The molecule has 0 radical (unpaired) electrons. The lowest BCUT2D eigenvalue weighted by molar-refractivity contribution is -0.179. The normalized spacial score (nSPS) is 27.7. The second kappa shape index (κ2) is 8.22. The van der Waals surface area contributed by atoms with E-state index in [1.54, 1.807) is 13.3 Å². The summed E-state index contributed by atoms with van der Waals surface area (Å²) in [6.07, 6.45) is 6.80. The molecule has 1 amide bonds. The number of hydrogen-bond acceptors (Lipinski definition) is 6. The van der Waals surface area contributed by atoms with Crippen molar-refractivity contribution in [2.45, 2.75) is 57.0 Å². The highest BCUT2D eigenvalue weighted by Gasteiger charge is 2.37. The molecule has 2 aromatic rings. The van der Waals surface area contributed by atoms with Crippen molar-refractivity contribution < 1.29 is 19.4 Å². The van der Waals surface area contributed by atoms with Gasteiger partial charge >= 0.3 is 0 Å². The van der Waals surface area contributed by atoms with Crippen molar-refractivity contribution in [1.29, 1.82) is 0 Å². The van der Waals surface area contributed by atoms with E-state index in [0.29, 0.717) is 25.1 Å². The Morgan fingerprint density at radius 1 is 1.29 bits per heavy atom. The van der Waals surface area contributed by atoms with Gasteiger partial charge in [-0.15, -0.1) is 0 Å². The second-order valence-electron chi connectivity index (χ2n) is 8.74. The lowest BCUT2D eigenvalue weighted by Gasteiger charge is -2.32. The molecule has 31 heavy (non-hydrogen) atoms. The van der Waals surface area contributed by atoms with Crippen LogP contribution in [0.3, 0.4) is 0 Å². The predicted molar refractivity (Wildman–Crippen MR) is 117 cm³/mol. The van der Waals surface area contributed by atoms with Gasteiger partial charge in [-0.05, 0) is 50.3 Å². The molecule has 2 fully saturated rings. The van der Waals surface area contributed by atoms with E-state index in [1.165, 1.54) is 0 Å². The maximum Gasteiger partial charge on any atom is 0.230 e. The van der Waals surface area contributed by atoms with E-state index in [-0.39, 0.29) is 17.9 Å². The predicted octanol–water partition coefficient (Wildman–Crippen LogP) is 3.83. The summed E-state index contributed by atoms with van der Waals surface area (Å²) in [4.78, 5) is 20.1. The van der Waals surface area contributed by atoms with E-state index in [2.05, 4.69) is 10.3 Å². The number of ether oxygens (including phenoxy) is 2. The number of fused-ring (bicyclic) bond motifs is 2. The Kier molecular flexibility index (Phi) is 5.42. The quantitative estimate of drug-likeness (QED) is 0.781. The minimum atomic E-state index is -1.29. The molecule has 0 bridgehead atoms. The molecular formula is C24H29N3O4. The number of nitrogens with one attached hydrogen (secondary N) is 1. The van der Waals surface area contributed by atoms with Crippen LogP contribution in [0.25, 0.3) is 0 Å². The summed E-state index contributed by atoms with van der Waals surface area (Å²) in [5, 5.41) is 14.4. The van der Waals surface area contributed by atoms with Gasteiger partial charge in [-0.2, -0.15) is 0 Å². The molecule has 5 rings (SSSR count). The third-order valence-corrected chi connectivity index (χ3v) is 6.84. The van der Waals surface area contributed by atoms with Gasteiger partial charge in [-0.1, -0.05) is 12.1 Å². The Hall–Kier alpha value is -2.48. The number of carbonyl (C=O) groups is 1. The average Bonchev–Trinajstić information content (AvgIpc) is 3.18. The van der Waals surface area contributed by atoms with Crippen LogP contribution in [0.2, 0.25) is 0 Å². The summed E-state index contributed by atoms with van der Waals surface area (Å²) >= 11 is 0. The smallest absolute Gasteiger partial charge is 0.230 e. The van der Waals surface area contributed by atoms with Gasteiger partial charge in [-0.25, -0.2) is 4.98 Å². The van der Waals surface area contributed by atoms with Gasteiger partial charge in [0, 0.05) is 36.8 Å². The standard InChI is InChI=1S/C24H29N3O4/c1-30-19-8-5-16(6-9-19)23(28)27-15-17-4-2-12-25-22(17)26-20-10-7-18(14-21(20)27)24(29)11-3-13-31-24/h2,4,7,10,12,14,16,19,29H,3,5-6,8-9,11,13,15H2,1H3,(H,25,26)/t16-,19-,24?. The number of hydrogen-bond donors (Lipinski definition) is 2. The van der Waals surface area contributed by atoms with Crippen LogP contribution in [-0.2, 0) is 26.6 Å². The third-order valence-electron chi connectivity index (χ3n) is 6.84. The maximum absolute atomic E-state index is 13.7. The van der Waals surface area contributed by atoms with Gasteiger partial charge in [0.1, 0.15) is 5.82 Å². The summed E-state index contributed by atoms with van der Waals surface area (Å²) in [7, 11) is 1.74. The van der Waals surface area contributed by atoms with E-state index in [1.807, 2.05) is 35.2 Å². The monoisotopic (exact) mass is 423 g/mol. The van der Waals surface area contributed by atoms with Crippen LogP contribution in [0.4, 0.5) is 17.2 Å². The first-order chi connectivity index (χ1) is 15.1. The molecular weight excluding hydrogens is 394 g/mol. The molecule has 1 aromatic heterocycles. The Morgan fingerprint density at radius 3 is 2.87 bits per heavy atom. The van der Waals surface area contributed by atoms with E-state index >= 15 is 0 Å². The van der Waals surface area contributed by atoms with Crippen molar-refractivity contribution in [3.63, 3.8) is 0 Å². The number of carbonyl (C=O) groups excluding carboxylic acids is 1. The molecule has 1 saturated heterocycles. The number of anilines is 3. The van der Waals surface area contributed by atoms with Crippen molar-refractivity contribution in [3.8, 4) is 0 Å². The van der Waals surface area contributed by atoms with Crippen molar-refractivity contribution >= 4 is 23.1 Å². The average molecular weight is 424 g/mol. The minimum Gasteiger partial charge on any atom is -0.381 e. The van der Waals surface area contributed by atoms with E-state index in [4.69, 9.17) is 9.47 Å². The van der Waals surface area contributed by atoms with Crippen LogP contribution in [-0.4, -0.2) is 35.8 Å². The third kappa shape index (κ3) is 3.82. The summed E-state index contributed by atoms with van der Waals surface area (Å²) < 4.78 is 11.1. The molecule has 1 unspecified atom stereocenters. The fraction of sp³-hybridized carbons (Fsp3) is 0.500. The van der Waals surface area contributed by atoms with Crippen molar-refractivity contribution in [1.82, 2.24) is 4.98 Å². The lowest BCUT2D eigenvalue weighted by Crippen LogP contribution is -2.38. The van der Waals surface area contributed by atoms with Gasteiger partial charge in [0.25, 0.3) is 0 Å². The highest BCUT2D eigenvalue weighted by atomic mass is 16.6. The maximum atomic E-state index is 13.7. The summed E-state index contributed by atoms with van der Waals surface area (Å²) in [6, 6.07) is 9.58. The molecule has 0 spiro atoms. The molecule has 2 N–H and O–H groups in total. The van der Waals surface area contributed by atoms with Crippen LogP contribution in [0.15, 0.2) is 36.5 Å². The zero-order valence-corrected chi connectivity index (χ0v) is 17.8. The number of aliphatic hydroxyl groups is 1. The Bertz CT molecular complexity index is 965. The molecule has 7 nitrogen and oxygen atoms in total. The van der Waals surface area contributed by atoms with E-state index in [0.717, 1.165) is 54.9 Å². The molecule has 1 aliphatic carbocycles. The van der Waals surface area contributed by atoms with Crippen LogP contribution in [0, 0.1) is 5.92 Å². The molecule has 3 heterocycles. The number of methoxy groups -OCH3 is 1. The van der Waals surface area contributed by atoms with Gasteiger partial charge in [0.2, 0.25) is 5.91 Å². The first-order valence-corrected chi connectivity index (χ1v) is 11.1. The highest BCUT2D eigenvalue weighted by Crippen LogP contribution is 2.42. The van der Waals surface area contributed by atoms with Crippen molar-refractivity contribution in [3.05, 3.63) is 47.7 Å². The van der Waals surface area contributed by atoms with Crippen molar-refractivity contribution in [2.24, 2.45) is 5.92 Å². The fourth-order valence-electron chi connectivity index (χ4n) is 4.98. The molecule has 3 aliphatic rings. The Labute approximate surface area is 182 Å². The molecule has 1 saturated carbocycles. The topological polar surface area (TPSA) is 83.9 Å². The molecule has 2 aliphatic heterocycles. The first kappa shape index (κ1) is 20.4. The largest absolute Gasteiger partial charge is 0.381 e. The number of amides is 1. The number of nitrogens with zero attached hydrogens (tertiary/aromatic N) is 2. The number of benzene rings is 1. The first-order valence-electron chi connectivity index (χ1n) is 11.1. The molecule has 7 heteroatoms. The van der Waals surface area contributed by atoms with Crippen LogP contribution in [0.5, 0.6) is 0 Å². The van der Waals surface area contributed by atoms with E-state index < -0.39 is 5.79 Å². The van der Waals surface area contributed by atoms with Crippen LogP contribution in [0.1, 0.15) is 49.7 Å². The molecule has 1 aromatic carbocycles. The van der Waals surface area contributed by atoms with Gasteiger partial charge in [0.15, 0.2) is 5.79 Å². The summed E-state index contributed by atoms with van der Waals surface area (Å²) in [6.45, 7) is 0.974. The van der Waals surface area contributed by atoms with Gasteiger partial charge in [0.05, 0.1) is 30.6 Å².